The van der Waals surface area contributed by atoms with Crippen molar-refractivity contribution in [3.63, 3.8) is 0 Å². The van der Waals surface area contributed by atoms with E-state index in [9.17, 15) is 4.79 Å². The molecule has 0 unspecified atom stereocenters. The van der Waals surface area contributed by atoms with Gasteiger partial charge < -0.3 is 5.32 Å². The Hall–Kier alpha value is -1.17. The van der Waals surface area contributed by atoms with Crippen LogP contribution in [0.1, 0.15) is 10.4 Å². The van der Waals surface area contributed by atoms with Gasteiger partial charge in [-0.3, -0.25) is 4.79 Å². The van der Waals surface area contributed by atoms with Crippen LogP contribution in [0, 0.1) is 0 Å². The molecule has 0 aliphatic carbocycles. The summed E-state index contributed by atoms with van der Waals surface area (Å²) >= 11 is 14.7. The lowest BCUT2D eigenvalue weighted by Crippen LogP contribution is -2.13. The lowest BCUT2D eigenvalue weighted by molar-refractivity contribution is 0.102. The molecule has 2 heterocycles. The molecule has 1 N–H and O–H groups in total. The van der Waals surface area contributed by atoms with Crippen molar-refractivity contribution >= 4 is 50.7 Å². The number of pyridine rings is 2. The van der Waals surface area contributed by atoms with E-state index in [1.807, 2.05) is 0 Å². The molecule has 0 spiro atoms. The summed E-state index contributed by atoms with van der Waals surface area (Å²) in [5.41, 5.74) is 0.818. The van der Waals surface area contributed by atoms with Gasteiger partial charge in [-0.05, 0) is 40.2 Å². The van der Waals surface area contributed by atoms with Crippen LogP contribution in [-0.4, -0.2) is 15.9 Å². The average Bonchev–Trinajstić information content (AvgIpc) is 2.32. The summed E-state index contributed by atoms with van der Waals surface area (Å²) in [7, 11) is 0. The third kappa shape index (κ3) is 3.19. The molecule has 0 bridgehead atoms. The van der Waals surface area contributed by atoms with Gasteiger partial charge in [0.2, 0.25) is 0 Å². The monoisotopic (exact) mass is 345 g/mol. The van der Waals surface area contributed by atoms with Crippen molar-refractivity contribution < 1.29 is 4.79 Å². The zero-order chi connectivity index (χ0) is 13.1. The van der Waals surface area contributed by atoms with E-state index in [0.717, 1.165) is 0 Å². The smallest absolute Gasteiger partial charge is 0.258 e. The molecule has 4 nitrogen and oxygen atoms in total. The minimum Gasteiger partial charge on any atom is -0.320 e. The van der Waals surface area contributed by atoms with E-state index in [2.05, 4.69) is 31.2 Å². The molecule has 0 aromatic carbocycles. The van der Waals surface area contributed by atoms with Crippen molar-refractivity contribution in [2.24, 2.45) is 0 Å². The van der Waals surface area contributed by atoms with Crippen molar-refractivity contribution in [1.29, 1.82) is 0 Å². The van der Waals surface area contributed by atoms with Crippen LogP contribution in [0.2, 0.25) is 10.3 Å². The number of carbonyl (C=O) groups excluding carboxylic acids is 1. The van der Waals surface area contributed by atoms with Crippen LogP contribution in [0.15, 0.2) is 35.1 Å². The maximum atomic E-state index is 11.9. The fraction of sp³-hybridized carbons (Fsp3) is 0. The maximum absolute atomic E-state index is 11.9. The fourth-order valence-corrected chi connectivity index (χ4v) is 1.89. The molecular formula is C11H6BrCl2N3O. The van der Waals surface area contributed by atoms with Gasteiger partial charge in [0.25, 0.3) is 5.91 Å². The second kappa shape index (κ2) is 5.65. The first-order chi connectivity index (χ1) is 8.56. The van der Waals surface area contributed by atoms with E-state index in [-0.39, 0.29) is 21.8 Å². The van der Waals surface area contributed by atoms with E-state index >= 15 is 0 Å². The van der Waals surface area contributed by atoms with Gasteiger partial charge in [-0.1, -0.05) is 23.2 Å². The topological polar surface area (TPSA) is 54.9 Å². The summed E-state index contributed by atoms with van der Waals surface area (Å²) in [5, 5.41) is 2.95. The van der Waals surface area contributed by atoms with Crippen molar-refractivity contribution in [3.8, 4) is 0 Å². The van der Waals surface area contributed by atoms with Crippen LogP contribution < -0.4 is 5.32 Å². The Morgan fingerprint density at radius 1 is 1.22 bits per heavy atom. The van der Waals surface area contributed by atoms with Crippen molar-refractivity contribution in [2.45, 2.75) is 0 Å². The molecule has 0 saturated heterocycles. The molecule has 2 aromatic heterocycles. The number of hydrogen-bond acceptors (Lipinski definition) is 3. The first-order valence-electron chi connectivity index (χ1n) is 4.81. The van der Waals surface area contributed by atoms with Crippen molar-refractivity contribution in [3.05, 3.63) is 50.9 Å². The molecule has 2 aromatic rings. The summed E-state index contributed by atoms with van der Waals surface area (Å²) in [6, 6.07) is 6.45. The number of anilines is 1. The molecule has 7 heteroatoms. The Balaban J connectivity index is 2.19. The number of carbonyl (C=O) groups is 1. The molecule has 1 amide bonds. The highest BCUT2D eigenvalue weighted by Crippen LogP contribution is 2.18. The highest BCUT2D eigenvalue weighted by atomic mass is 79.9. The molecule has 0 aliphatic rings. The van der Waals surface area contributed by atoms with E-state index in [0.29, 0.717) is 10.3 Å². The Bertz CT molecular complexity index is 589. The summed E-state index contributed by atoms with van der Waals surface area (Å²) < 4.78 is 0.687. The van der Waals surface area contributed by atoms with Crippen LogP contribution in [0.3, 0.4) is 0 Å². The maximum Gasteiger partial charge on any atom is 0.258 e. The molecule has 0 atom stereocenters. The number of nitrogens with zero attached hydrogens (tertiary/aromatic N) is 2. The van der Waals surface area contributed by atoms with Crippen LogP contribution >= 0.6 is 39.1 Å². The average molecular weight is 347 g/mol. The molecule has 92 valence electrons. The zero-order valence-corrected chi connectivity index (χ0v) is 11.9. The second-order valence-electron chi connectivity index (χ2n) is 3.30. The number of hydrogen-bond donors (Lipinski definition) is 1. The van der Waals surface area contributed by atoms with Gasteiger partial charge in [-0.2, -0.15) is 0 Å². The van der Waals surface area contributed by atoms with Gasteiger partial charge in [0, 0.05) is 0 Å². The third-order valence-corrected chi connectivity index (χ3v) is 3.01. The van der Waals surface area contributed by atoms with E-state index in [1.54, 1.807) is 12.1 Å². The van der Waals surface area contributed by atoms with E-state index in [1.165, 1.54) is 18.3 Å². The van der Waals surface area contributed by atoms with Gasteiger partial charge >= 0.3 is 0 Å². The number of halogens is 3. The Kier molecular flexibility index (Phi) is 4.16. The molecule has 0 saturated carbocycles. The molecule has 0 radical (unpaired) electrons. The lowest BCUT2D eigenvalue weighted by atomic mass is 10.2. The molecule has 0 aliphatic heterocycles. The minimum absolute atomic E-state index is 0.0603. The summed E-state index contributed by atoms with van der Waals surface area (Å²) in [4.78, 5) is 19.7. The molecule has 2 rings (SSSR count). The van der Waals surface area contributed by atoms with Crippen LogP contribution in [0.25, 0.3) is 0 Å². The van der Waals surface area contributed by atoms with Crippen molar-refractivity contribution in [1.82, 2.24) is 9.97 Å². The molecule has 0 fully saturated rings. The quantitative estimate of drug-likeness (QED) is 0.841. The summed E-state index contributed by atoms with van der Waals surface area (Å²) in [5.74, 6) is -0.367. The predicted molar refractivity (Wildman–Crippen MR) is 74.1 cm³/mol. The summed E-state index contributed by atoms with van der Waals surface area (Å²) in [6.45, 7) is 0. The minimum atomic E-state index is -0.367. The Morgan fingerprint density at radius 2 is 2.00 bits per heavy atom. The Labute approximate surface area is 121 Å². The predicted octanol–water partition coefficient (Wildman–Crippen LogP) is 3.80. The lowest BCUT2D eigenvalue weighted by Gasteiger charge is -2.06. The summed E-state index contributed by atoms with van der Waals surface area (Å²) in [6.07, 6.45) is 1.53. The van der Waals surface area contributed by atoms with Gasteiger partial charge in [0.15, 0.2) is 0 Å². The highest BCUT2D eigenvalue weighted by molar-refractivity contribution is 9.10. The number of nitrogens with one attached hydrogen (secondary N) is 1. The van der Waals surface area contributed by atoms with Crippen molar-refractivity contribution in [2.75, 3.05) is 5.32 Å². The van der Waals surface area contributed by atoms with Gasteiger partial charge in [0.1, 0.15) is 14.9 Å². The normalized spacial score (nSPS) is 10.2. The number of rotatable bonds is 2. The van der Waals surface area contributed by atoms with E-state index in [4.69, 9.17) is 23.2 Å². The highest BCUT2D eigenvalue weighted by Gasteiger charge is 2.12. The van der Waals surface area contributed by atoms with Crippen LogP contribution in [-0.2, 0) is 0 Å². The van der Waals surface area contributed by atoms with Gasteiger partial charge in [-0.25, -0.2) is 9.97 Å². The van der Waals surface area contributed by atoms with E-state index < -0.39 is 0 Å². The largest absolute Gasteiger partial charge is 0.320 e. The zero-order valence-electron chi connectivity index (χ0n) is 8.82. The third-order valence-electron chi connectivity index (χ3n) is 2.04. The first kappa shape index (κ1) is 13.3. The fourth-order valence-electron chi connectivity index (χ4n) is 1.23. The number of amides is 1. The standard InChI is InChI=1S/C11H6BrCl2N3O/c12-8-3-1-6(5-15-8)16-11(18)7-2-4-9(13)17-10(7)14/h1-5H,(H,16,18). The van der Waals surface area contributed by atoms with Gasteiger partial charge in [-0.15, -0.1) is 0 Å². The molecular weight excluding hydrogens is 341 g/mol. The Morgan fingerprint density at radius 3 is 2.61 bits per heavy atom. The van der Waals surface area contributed by atoms with Crippen LogP contribution in [0.4, 0.5) is 5.69 Å². The molecule has 18 heavy (non-hydrogen) atoms. The number of aromatic nitrogens is 2. The van der Waals surface area contributed by atoms with Gasteiger partial charge in [0.05, 0.1) is 17.4 Å². The van der Waals surface area contributed by atoms with Crippen LogP contribution in [0.5, 0.6) is 0 Å². The second-order valence-corrected chi connectivity index (χ2v) is 4.85. The first-order valence-corrected chi connectivity index (χ1v) is 6.36. The SMILES string of the molecule is O=C(Nc1ccc(Br)nc1)c1ccc(Cl)nc1Cl.